The second kappa shape index (κ2) is 4.36. The van der Waals surface area contributed by atoms with Crippen LogP contribution < -0.4 is 0 Å². The Balaban J connectivity index is 2.42. The number of carbonyl (C=O) groups excluding carboxylic acids is 1. The van der Waals surface area contributed by atoms with Gasteiger partial charge in [-0.05, 0) is 22.0 Å². The highest BCUT2D eigenvalue weighted by Gasteiger charge is 2.11. The topological polar surface area (TPSA) is 30.0 Å². The molecule has 0 atom stereocenters. The Morgan fingerprint density at radius 3 is 2.53 bits per heavy atom. The highest BCUT2D eigenvalue weighted by atomic mass is 79.9. The average molecular weight is 262 g/mol. The summed E-state index contributed by atoms with van der Waals surface area (Å²) in [5.74, 6) is 0.00451. The second-order valence-corrected chi connectivity index (χ2v) is 3.91. The number of rotatable bonds is 2. The van der Waals surface area contributed by atoms with Crippen molar-refractivity contribution in [1.82, 2.24) is 4.98 Å². The van der Waals surface area contributed by atoms with Crippen molar-refractivity contribution in [2.45, 2.75) is 0 Å². The van der Waals surface area contributed by atoms with Gasteiger partial charge in [-0.2, -0.15) is 0 Å². The summed E-state index contributed by atoms with van der Waals surface area (Å²) in [4.78, 5) is 15.9. The summed E-state index contributed by atoms with van der Waals surface area (Å²) in [6.07, 6.45) is 3.23. The van der Waals surface area contributed by atoms with Crippen LogP contribution in [0.1, 0.15) is 15.9 Å². The molecule has 3 heteroatoms. The zero-order chi connectivity index (χ0) is 10.7. The van der Waals surface area contributed by atoms with Crippen LogP contribution >= 0.6 is 15.9 Å². The number of benzene rings is 1. The van der Waals surface area contributed by atoms with Gasteiger partial charge in [0.05, 0.1) is 0 Å². The van der Waals surface area contributed by atoms with E-state index in [-0.39, 0.29) is 5.78 Å². The summed E-state index contributed by atoms with van der Waals surface area (Å²) in [6.45, 7) is 0. The van der Waals surface area contributed by atoms with E-state index in [1.807, 2.05) is 18.2 Å². The molecule has 0 unspecified atom stereocenters. The third-order valence-electron chi connectivity index (χ3n) is 2.05. The molecule has 2 rings (SSSR count). The molecule has 0 saturated heterocycles. The molecule has 1 aromatic carbocycles. The first kappa shape index (κ1) is 10.1. The van der Waals surface area contributed by atoms with Gasteiger partial charge in [-0.15, -0.1) is 0 Å². The molecule has 0 aliphatic rings. The maximum atomic E-state index is 12.0. The average Bonchev–Trinajstić information content (AvgIpc) is 2.30. The van der Waals surface area contributed by atoms with Crippen LogP contribution in [0.15, 0.2) is 53.3 Å². The van der Waals surface area contributed by atoms with Crippen LogP contribution in [0.4, 0.5) is 0 Å². The Morgan fingerprint density at radius 2 is 1.87 bits per heavy atom. The van der Waals surface area contributed by atoms with E-state index in [2.05, 4.69) is 20.9 Å². The van der Waals surface area contributed by atoms with E-state index in [4.69, 9.17) is 0 Å². The van der Waals surface area contributed by atoms with Crippen molar-refractivity contribution < 1.29 is 4.79 Å². The lowest BCUT2D eigenvalue weighted by molar-refractivity contribution is 0.103. The molecular formula is C12H8BrNO. The number of nitrogens with zero attached hydrogens (tertiary/aromatic N) is 1. The first-order valence-corrected chi connectivity index (χ1v) is 5.27. The third kappa shape index (κ3) is 2.13. The van der Waals surface area contributed by atoms with E-state index < -0.39 is 0 Å². The number of halogens is 1. The number of hydrogen-bond acceptors (Lipinski definition) is 2. The van der Waals surface area contributed by atoms with Gasteiger partial charge in [-0.3, -0.25) is 9.78 Å². The van der Waals surface area contributed by atoms with Gasteiger partial charge in [-0.25, -0.2) is 0 Å². The number of ketones is 1. The molecule has 74 valence electrons. The SMILES string of the molecule is O=C(c1ccccc1)c1ccncc1Br. The Bertz CT molecular complexity index is 482. The summed E-state index contributed by atoms with van der Waals surface area (Å²) in [5, 5.41) is 0. The van der Waals surface area contributed by atoms with Gasteiger partial charge in [-0.1, -0.05) is 30.3 Å². The molecule has 2 aromatic rings. The predicted molar refractivity (Wildman–Crippen MR) is 61.8 cm³/mol. The van der Waals surface area contributed by atoms with Crippen molar-refractivity contribution in [3.63, 3.8) is 0 Å². The fraction of sp³-hybridized carbons (Fsp3) is 0. The Morgan fingerprint density at radius 1 is 1.13 bits per heavy atom. The zero-order valence-corrected chi connectivity index (χ0v) is 9.44. The number of pyridine rings is 1. The summed E-state index contributed by atoms with van der Waals surface area (Å²) < 4.78 is 0.721. The molecule has 15 heavy (non-hydrogen) atoms. The van der Waals surface area contributed by atoms with E-state index in [1.54, 1.807) is 30.6 Å². The molecular weight excluding hydrogens is 254 g/mol. The van der Waals surface area contributed by atoms with Gasteiger partial charge in [0.15, 0.2) is 5.78 Å². The maximum absolute atomic E-state index is 12.0. The molecule has 2 nitrogen and oxygen atoms in total. The fourth-order valence-electron chi connectivity index (χ4n) is 1.30. The first-order valence-electron chi connectivity index (χ1n) is 4.48. The van der Waals surface area contributed by atoms with Crippen LogP contribution in [0.5, 0.6) is 0 Å². The molecule has 0 amide bonds. The van der Waals surface area contributed by atoms with Crippen molar-refractivity contribution in [3.05, 3.63) is 64.4 Å². The summed E-state index contributed by atoms with van der Waals surface area (Å²) in [7, 11) is 0. The number of hydrogen-bond donors (Lipinski definition) is 0. The molecule has 0 bridgehead atoms. The van der Waals surface area contributed by atoms with Crippen molar-refractivity contribution >= 4 is 21.7 Å². The molecule has 0 saturated carbocycles. The molecule has 0 aliphatic heterocycles. The standard InChI is InChI=1S/C12H8BrNO/c13-11-8-14-7-6-10(11)12(15)9-4-2-1-3-5-9/h1-8H. The maximum Gasteiger partial charge on any atom is 0.194 e. The van der Waals surface area contributed by atoms with Crippen LogP contribution in [0, 0.1) is 0 Å². The molecule has 1 heterocycles. The van der Waals surface area contributed by atoms with Gasteiger partial charge in [0, 0.05) is 28.0 Å². The smallest absolute Gasteiger partial charge is 0.194 e. The van der Waals surface area contributed by atoms with Crippen molar-refractivity contribution in [2.24, 2.45) is 0 Å². The monoisotopic (exact) mass is 261 g/mol. The molecule has 1 aromatic heterocycles. The van der Waals surface area contributed by atoms with Crippen molar-refractivity contribution in [2.75, 3.05) is 0 Å². The van der Waals surface area contributed by atoms with Gasteiger partial charge in [0.2, 0.25) is 0 Å². The highest BCUT2D eigenvalue weighted by Crippen LogP contribution is 2.18. The predicted octanol–water partition coefficient (Wildman–Crippen LogP) is 3.08. The molecule has 0 fully saturated rings. The summed E-state index contributed by atoms with van der Waals surface area (Å²) in [6, 6.07) is 10.9. The minimum atomic E-state index is 0.00451. The van der Waals surface area contributed by atoms with E-state index in [1.165, 1.54) is 0 Å². The largest absolute Gasteiger partial charge is 0.289 e. The second-order valence-electron chi connectivity index (χ2n) is 3.05. The zero-order valence-electron chi connectivity index (χ0n) is 7.85. The molecule has 0 N–H and O–H groups in total. The quantitative estimate of drug-likeness (QED) is 0.778. The Kier molecular flexibility index (Phi) is 2.92. The van der Waals surface area contributed by atoms with Crippen LogP contribution in [-0.4, -0.2) is 10.8 Å². The fourth-order valence-corrected chi connectivity index (χ4v) is 1.73. The van der Waals surface area contributed by atoms with Gasteiger partial charge >= 0.3 is 0 Å². The summed E-state index contributed by atoms with van der Waals surface area (Å²) >= 11 is 3.31. The van der Waals surface area contributed by atoms with E-state index in [9.17, 15) is 4.79 Å². The number of carbonyl (C=O) groups is 1. The van der Waals surface area contributed by atoms with Crippen molar-refractivity contribution in [3.8, 4) is 0 Å². The number of aromatic nitrogens is 1. The van der Waals surface area contributed by atoms with Crippen LogP contribution in [0.3, 0.4) is 0 Å². The lowest BCUT2D eigenvalue weighted by atomic mass is 10.1. The first-order chi connectivity index (χ1) is 7.29. The van der Waals surface area contributed by atoms with Crippen LogP contribution in [0.25, 0.3) is 0 Å². The third-order valence-corrected chi connectivity index (χ3v) is 2.68. The summed E-state index contributed by atoms with van der Waals surface area (Å²) in [5.41, 5.74) is 1.32. The minimum absolute atomic E-state index is 0.00451. The Hall–Kier alpha value is -1.48. The highest BCUT2D eigenvalue weighted by molar-refractivity contribution is 9.10. The molecule has 0 aliphatic carbocycles. The van der Waals surface area contributed by atoms with E-state index >= 15 is 0 Å². The Labute approximate surface area is 96.1 Å². The van der Waals surface area contributed by atoms with Crippen molar-refractivity contribution in [1.29, 1.82) is 0 Å². The minimum Gasteiger partial charge on any atom is -0.289 e. The van der Waals surface area contributed by atoms with Gasteiger partial charge in [0.25, 0.3) is 0 Å². The van der Waals surface area contributed by atoms with E-state index in [0.717, 1.165) is 4.47 Å². The van der Waals surface area contributed by atoms with Crippen LogP contribution in [0.2, 0.25) is 0 Å². The lowest BCUT2D eigenvalue weighted by Gasteiger charge is -2.02. The van der Waals surface area contributed by atoms with Gasteiger partial charge in [0.1, 0.15) is 0 Å². The van der Waals surface area contributed by atoms with E-state index in [0.29, 0.717) is 11.1 Å². The molecule has 0 radical (unpaired) electrons. The molecule has 0 spiro atoms. The van der Waals surface area contributed by atoms with Crippen LogP contribution in [-0.2, 0) is 0 Å². The lowest BCUT2D eigenvalue weighted by Crippen LogP contribution is -2.01. The van der Waals surface area contributed by atoms with Gasteiger partial charge < -0.3 is 0 Å². The normalized spacial score (nSPS) is 9.93.